The molecular weight excluding hydrogens is 244 g/mol. The molecule has 1 aliphatic carbocycles. The van der Waals surface area contributed by atoms with E-state index >= 15 is 0 Å². The molecule has 0 aromatic heterocycles. The SMILES string of the molecule is CC(C)[C@H](NS(=O)(=O)NC1CCCC1)C(=O)O. The van der Waals surface area contributed by atoms with Gasteiger partial charge in [0.1, 0.15) is 6.04 Å². The molecule has 0 aliphatic heterocycles. The highest BCUT2D eigenvalue weighted by Gasteiger charge is 2.29. The summed E-state index contributed by atoms with van der Waals surface area (Å²) in [6.45, 7) is 3.33. The monoisotopic (exact) mass is 264 g/mol. The maximum absolute atomic E-state index is 11.7. The van der Waals surface area contributed by atoms with Crippen LogP contribution in [0.2, 0.25) is 0 Å². The molecule has 0 aromatic rings. The van der Waals surface area contributed by atoms with Crippen molar-refractivity contribution in [1.29, 1.82) is 0 Å². The molecule has 17 heavy (non-hydrogen) atoms. The van der Waals surface area contributed by atoms with E-state index in [1.165, 1.54) is 0 Å². The number of carboxylic acids is 1. The molecule has 1 rings (SSSR count). The number of carbonyl (C=O) groups is 1. The van der Waals surface area contributed by atoms with E-state index in [2.05, 4.69) is 9.44 Å². The zero-order chi connectivity index (χ0) is 13.1. The van der Waals surface area contributed by atoms with Crippen molar-refractivity contribution in [3.05, 3.63) is 0 Å². The molecule has 3 N–H and O–H groups in total. The van der Waals surface area contributed by atoms with Crippen molar-refractivity contribution in [3.8, 4) is 0 Å². The summed E-state index contributed by atoms with van der Waals surface area (Å²) in [5.74, 6) is -1.45. The van der Waals surface area contributed by atoms with E-state index in [4.69, 9.17) is 5.11 Å². The maximum Gasteiger partial charge on any atom is 0.322 e. The first-order valence-electron chi connectivity index (χ1n) is 5.84. The van der Waals surface area contributed by atoms with E-state index in [-0.39, 0.29) is 12.0 Å². The normalized spacial score (nSPS) is 19.7. The van der Waals surface area contributed by atoms with Gasteiger partial charge in [0.05, 0.1) is 0 Å². The maximum atomic E-state index is 11.7. The number of hydrogen-bond donors (Lipinski definition) is 3. The Hall–Kier alpha value is -0.660. The topological polar surface area (TPSA) is 95.5 Å². The number of carboxylic acid groups (broad SMARTS) is 1. The summed E-state index contributed by atoms with van der Waals surface area (Å²) in [7, 11) is -3.74. The fraction of sp³-hybridized carbons (Fsp3) is 0.900. The molecule has 1 aliphatic rings. The van der Waals surface area contributed by atoms with Crippen molar-refractivity contribution in [2.24, 2.45) is 5.92 Å². The summed E-state index contributed by atoms with van der Waals surface area (Å²) in [6, 6.07) is -1.15. The summed E-state index contributed by atoms with van der Waals surface area (Å²) in [5.41, 5.74) is 0. The average molecular weight is 264 g/mol. The van der Waals surface area contributed by atoms with Gasteiger partial charge in [0.25, 0.3) is 10.2 Å². The van der Waals surface area contributed by atoms with Crippen LogP contribution >= 0.6 is 0 Å². The molecule has 100 valence electrons. The van der Waals surface area contributed by atoms with E-state index in [0.717, 1.165) is 25.7 Å². The van der Waals surface area contributed by atoms with Crippen molar-refractivity contribution >= 4 is 16.2 Å². The Morgan fingerprint density at radius 2 is 1.82 bits per heavy atom. The lowest BCUT2D eigenvalue weighted by atomic mass is 10.1. The van der Waals surface area contributed by atoms with Crippen LogP contribution in [-0.2, 0) is 15.0 Å². The second-order valence-electron chi connectivity index (χ2n) is 4.78. The van der Waals surface area contributed by atoms with Crippen molar-refractivity contribution in [1.82, 2.24) is 9.44 Å². The van der Waals surface area contributed by atoms with Gasteiger partial charge in [-0.1, -0.05) is 26.7 Å². The highest BCUT2D eigenvalue weighted by molar-refractivity contribution is 7.87. The molecule has 0 bridgehead atoms. The van der Waals surface area contributed by atoms with Gasteiger partial charge in [0.2, 0.25) is 0 Å². The summed E-state index contributed by atoms with van der Waals surface area (Å²) in [5, 5.41) is 8.91. The highest BCUT2D eigenvalue weighted by Crippen LogP contribution is 2.18. The van der Waals surface area contributed by atoms with Gasteiger partial charge < -0.3 is 5.11 Å². The Balaban J connectivity index is 2.60. The number of nitrogens with one attached hydrogen (secondary N) is 2. The van der Waals surface area contributed by atoms with Crippen molar-refractivity contribution in [2.45, 2.75) is 51.6 Å². The zero-order valence-electron chi connectivity index (χ0n) is 10.1. The quantitative estimate of drug-likeness (QED) is 0.649. The van der Waals surface area contributed by atoms with Crippen LogP contribution in [0.15, 0.2) is 0 Å². The van der Waals surface area contributed by atoms with Crippen molar-refractivity contribution < 1.29 is 18.3 Å². The van der Waals surface area contributed by atoms with Crippen LogP contribution in [0, 0.1) is 5.92 Å². The second-order valence-corrected chi connectivity index (χ2v) is 6.26. The average Bonchev–Trinajstić information content (AvgIpc) is 2.65. The Kier molecular flexibility index (Phi) is 4.91. The van der Waals surface area contributed by atoms with Gasteiger partial charge in [-0.3, -0.25) is 4.79 Å². The van der Waals surface area contributed by atoms with E-state index in [9.17, 15) is 13.2 Å². The minimum absolute atomic E-state index is 0.0610. The van der Waals surface area contributed by atoms with Crippen LogP contribution in [-0.4, -0.2) is 31.6 Å². The molecule has 0 spiro atoms. The number of rotatable bonds is 6. The minimum Gasteiger partial charge on any atom is -0.480 e. The van der Waals surface area contributed by atoms with Crippen molar-refractivity contribution in [2.75, 3.05) is 0 Å². The molecule has 0 saturated heterocycles. The smallest absolute Gasteiger partial charge is 0.322 e. The van der Waals surface area contributed by atoms with Gasteiger partial charge in [-0.25, -0.2) is 0 Å². The lowest BCUT2D eigenvalue weighted by Gasteiger charge is -2.20. The number of aliphatic carboxylic acids is 1. The minimum atomic E-state index is -3.74. The van der Waals surface area contributed by atoms with Crippen LogP contribution in [0.5, 0.6) is 0 Å². The Bertz CT molecular complexity index is 361. The van der Waals surface area contributed by atoms with Gasteiger partial charge in [-0.15, -0.1) is 0 Å². The molecule has 0 radical (unpaired) electrons. The molecule has 1 atom stereocenters. The third-order valence-electron chi connectivity index (χ3n) is 2.89. The molecule has 7 heteroatoms. The zero-order valence-corrected chi connectivity index (χ0v) is 11.0. The van der Waals surface area contributed by atoms with Crippen LogP contribution in [0.4, 0.5) is 0 Å². The Morgan fingerprint density at radius 1 is 1.29 bits per heavy atom. The first kappa shape index (κ1) is 14.4. The lowest BCUT2D eigenvalue weighted by Crippen LogP contribution is -2.50. The molecule has 6 nitrogen and oxygen atoms in total. The summed E-state index contributed by atoms with van der Waals surface area (Å²) in [6.07, 6.45) is 3.67. The first-order valence-corrected chi connectivity index (χ1v) is 7.32. The predicted octanol–water partition coefficient (Wildman–Crippen LogP) is 0.462. The van der Waals surface area contributed by atoms with Gasteiger partial charge in [0, 0.05) is 6.04 Å². The third kappa shape index (κ3) is 4.61. The van der Waals surface area contributed by atoms with Gasteiger partial charge in [0.15, 0.2) is 0 Å². The number of hydrogen-bond acceptors (Lipinski definition) is 3. The molecule has 1 fully saturated rings. The summed E-state index contributed by atoms with van der Waals surface area (Å²) >= 11 is 0. The Labute approximate surface area is 102 Å². The summed E-state index contributed by atoms with van der Waals surface area (Å²) in [4.78, 5) is 10.9. The fourth-order valence-electron chi connectivity index (χ4n) is 1.94. The largest absolute Gasteiger partial charge is 0.480 e. The van der Waals surface area contributed by atoms with Gasteiger partial charge >= 0.3 is 5.97 Å². The third-order valence-corrected chi connectivity index (χ3v) is 4.10. The lowest BCUT2D eigenvalue weighted by molar-refractivity contribution is -0.140. The molecule has 1 saturated carbocycles. The first-order chi connectivity index (χ1) is 7.82. The second kappa shape index (κ2) is 5.79. The Morgan fingerprint density at radius 3 is 2.24 bits per heavy atom. The predicted molar refractivity (Wildman–Crippen MR) is 63.7 cm³/mol. The van der Waals surface area contributed by atoms with Crippen molar-refractivity contribution in [3.63, 3.8) is 0 Å². The van der Waals surface area contributed by atoms with Gasteiger partial charge in [-0.05, 0) is 18.8 Å². The fourth-order valence-corrected chi connectivity index (χ4v) is 3.39. The molecule has 0 unspecified atom stereocenters. The van der Waals surface area contributed by atoms with Crippen LogP contribution in [0.3, 0.4) is 0 Å². The van der Waals surface area contributed by atoms with Crippen LogP contribution < -0.4 is 9.44 Å². The van der Waals surface area contributed by atoms with E-state index in [0.29, 0.717) is 0 Å². The van der Waals surface area contributed by atoms with Crippen LogP contribution in [0.1, 0.15) is 39.5 Å². The molecular formula is C10H20N2O4S. The van der Waals surface area contributed by atoms with Crippen LogP contribution in [0.25, 0.3) is 0 Å². The van der Waals surface area contributed by atoms with Gasteiger partial charge in [-0.2, -0.15) is 17.9 Å². The van der Waals surface area contributed by atoms with E-state index < -0.39 is 22.2 Å². The standard InChI is InChI=1S/C10H20N2O4S/c1-7(2)9(10(13)14)12-17(15,16)11-8-5-3-4-6-8/h7-9,11-12H,3-6H2,1-2H3,(H,13,14)/t9-/m0/s1. The van der Waals surface area contributed by atoms with E-state index in [1.807, 2.05) is 0 Å². The molecule has 0 amide bonds. The molecule has 0 heterocycles. The summed E-state index contributed by atoms with van der Waals surface area (Å²) < 4.78 is 28.1. The molecule has 0 aromatic carbocycles. The van der Waals surface area contributed by atoms with E-state index in [1.54, 1.807) is 13.8 Å². The highest BCUT2D eigenvalue weighted by atomic mass is 32.2.